The van der Waals surface area contributed by atoms with E-state index >= 15 is 0 Å². The Morgan fingerprint density at radius 3 is 2.17 bits per heavy atom. The average Bonchev–Trinajstić information content (AvgIpc) is 2.61. The predicted molar refractivity (Wildman–Crippen MR) is 103 cm³/mol. The van der Waals surface area contributed by atoms with Gasteiger partial charge in [0.05, 0.1) is 0 Å². The molecule has 0 saturated carbocycles. The lowest BCUT2D eigenvalue weighted by atomic mass is 9.94. The second-order valence-corrected chi connectivity index (χ2v) is 7.44. The number of piperazine rings is 1. The molecule has 0 aliphatic carbocycles. The molecule has 0 amide bonds. The molecule has 0 bridgehead atoms. The van der Waals surface area contributed by atoms with Crippen LogP contribution in [0.15, 0.2) is 24.3 Å². The molecule has 1 aromatic carbocycles. The van der Waals surface area contributed by atoms with Gasteiger partial charge in [0, 0.05) is 39.3 Å². The third kappa shape index (κ3) is 4.92. The van der Waals surface area contributed by atoms with Gasteiger partial charge in [0.25, 0.3) is 0 Å². The third-order valence-corrected chi connectivity index (χ3v) is 5.65. The average molecular weight is 328 g/mol. The Morgan fingerprint density at radius 2 is 1.54 bits per heavy atom. The van der Waals surface area contributed by atoms with Crippen LogP contribution in [0, 0.1) is 19.8 Å². The monoisotopic (exact) mass is 327 g/mol. The number of aryl methyl sites for hydroxylation is 2. The zero-order valence-corrected chi connectivity index (χ0v) is 15.4. The van der Waals surface area contributed by atoms with Gasteiger partial charge >= 0.3 is 0 Å². The summed E-state index contributed by atoms with van der Waals surface area (Å²) in [5, 5.41) is 3.43. The van der Waals surface area contributed by atoms with Gasteiger partial charge in [0.1, 0.15) is 0 Å². The van der Waals surface area contributed by atoms with Crippen LogP contribution in [-0.4, -0.2) is 62.2 Å². The van der Waals surface area contributed by atoms with Crippen molar-refractivity contribution in [3.8, 4) is 0 Å². The van der Waals surface area contributed by atoms with E-state index in [1.807, 2.05) is 0 Å². The lowest BCUT2D eigenvalue weighted by Gasteiger charge is -2.34. The van der Waals surface area contributed by atoms with Gasteiger partial charge in [-0.25, -0.2) is 0 Å². The highest BCUT2D eigenvalue weighted by Gasteiger charge is 2.18. The number of hydrogen-bond acceptors (Lipinski definition) is 3. The summed E-state index contributed by atoms with van der Waals surface area (Å²) in [7, 11) is 0. The summed E-state index contributed by atoms with van der Waals surface area (Å²) >= 11 is 0. The van der Waals surface area contributed by atoms with E-state index in [9.17, 15) is 0 Å². The third-order valence-electron chi connectivity index (χ3n) is 5.65. The van der Waals surface area contributed by atoms with Crippen LogP contribution in [0.2, 0.25) is 0 Å². The van der Waals surface area contributed by atoms with Gasteiger partial charge in [-0.2, -0.15) is 0 Å². The van der Waals surface area contributed by atoms with Crippen LogP contribution < -0.4 is 5.32 Å². The molecule has 0 radical (unpaired) electrons. The van der Waals surface area contributed by atoms with Crippen molar-refractivity contribution in [1.82, 2.24) is 15.1 Å². The van der Waals surface area contributed by atoms with Gasteiger partial charge in [-0.15, -0.1) is 0 Å². The summed E-state index contributed by atoms with van der Waals surface area (Å²) in [6.07, 6.45) is 7.45. The number of hydrogen-bond donors (Lipinski definition) is 1. The predicted octanol–water partition coefficient (Wildman–Crippen LogP) is 2.93. The lowest BCUT2D eigenvalue weighted by Crippen LogP contribution is -2.47. The highest BCUT2D eigenvalue weighted by Crippen LogP contribution is 2.22. The number of nitrogens with zero attached hydrogens (tertiary/aromatic N) is 2. The van der Waals surface area contributed by atoms with Gasteiger partial charge in [-0.05, 0) is 62.4 Å². The molecule has 0 atom stereocenters. The Hall–Kier alpha value is -1.16. The molecule has 2 fully saturated rings. The van der Waals surface area contributed by atoms with E-state index in [0.29, 0.717) is 0 Å². The molecular formula is C21H33N3. The molecule has 1 aromatic rings. The first-order valence-electron chi connectivity index (χ1n) is 9.62. The van der Waals surface area contributed by atoms with Gasteiger partial charge < -0.3 is 10.2 Å². The van der Waals surface area contributed by atoms with Crippen LogP contribution in [0.4, 0.5) is 0 Å². The zero-order valence-electron chi connectivity index (χ0n) is 15.4. The number of benzene rings is 1. The number of nitrogens with one attached hydrogen (secondary N) is 1. The van der Waals surface area contributed by atoms with E-state index in [0.717, 1.165) is 19.0 Å². The maximum atomic E-state index is 3.43. The largest absolute Gasteiger partial charge is 0.314 e. The van der Waals surface area contributed by atoms with Crippen LogP contribution in [-0.2, 0) is 0 Å². The standard InChI is InChI=1S/C21H33N3/c1-18-4-3-5-19(2)21(18)7-6-20-8-12-23(13-9-20)16-17-24-14-10-22-11-15-24/h3-7,20,22H,8-17H2,1-2H3. The number of piperidine rings is 1. The molecule has 1 N–H and O–H groups in total. The topological polar surface area (TPSA) is 18.5 Å². The van der Waals surface area contributed by atoms with Crippen LogP contribution in [0.1, 0.15) is 29.5 Å². The van der Waals surface area contributed by atoms with Crippen molar-refractivity contribution in [2.45, 2.75) is 26.7 Å². The minimum Gasteiger partial charge on any atom is -0.314 e. The summed E-state index contributed by atoms with van der Waals surface area (Å²) in [6.45, 7) is 14.2. The maximum Gasteiger partial charge on any atom is 0.0110 e. The second kappa shape index (κ2) is 8.80. The fraction of sp³-hybridized carbons (Fsp3) is 0.619. The van der Waals surface area contributed by atoms with E-state index in [-0.39, 0.29) is 0 Å². The molecule has 132 valence electrons. The first kappa shape index (κ1) is 17.7. The highest BCUT2D eigenvalue weighted by atomic mass is 15.2. The smallest absolute Gasteiger partial charge is 0.0110 e. The van der Waals surface area contributed by atoms with Crippen LogP contribution in [0.3, 0.4) is 0 Å². The van der Waals surface area contributed by atoms with Crippen LogP contribution in [0.25, 0.3) is 6.08 Å². The van der Waals surface area contributed by atoms with E-state index in [4.69, 9.17) is 0 Å². The van der Waals surface area contributed by atoms with E-state index < -0.39 is 0 Å². The zero-order chi connectivity index (χ0) is 16.8. The van der Waals surface area contributed by atoms with Gasteiger partial charge in [0.15, 0.2) is 0 Å². The molecule has 0 spiro atoms. The van der Waals surface area contributed by atoms with Crippen molar-refractivity contribution < 1.29 is 0 Å². The van der Waals surface area contributed by atoms with Crippen molar-refractivity contribution in [1.29, 1.82) is 0 Å². The molecule has 3 rings (SSSR count). The lowest BCUT2D eigenvalue weighted by molar-refractivity contribution is 0.159. The first-order chi connectivity index (χ1) is 11.7. The summed E-state index contributed by atoms with van der Waals surface area (Å²) in [5.74, 6) is 0.749. The SMILES string of the molecule is Cc1cccc(C)c1C=CC1CCN(CCN2CCNCC2)CC1. The Bertz CT molecular complexity index is 518. The molecular weight excluding hydrogens is 294 g/mol. The van der Waals surface area contributed by atoms with Gasteiger partial charge in [-0.3, -0.25) is 4.90 Å². The van der Waals surface area contributed by atoms with Crippen LogP contribution >= 0.6 is 0 Å². The molecule has 2 saturated heterocycles. The summed E-state index contributed by atoms with van der Waals surface area (Å²) < 4.78 is 0. The molecule has 0 aromatic heterocycles. The molecule has 2 aliphatic rings. The van der Waals surface area contributed by atoms with Gasteiger partial charge in [-0.1, -0.05) is 30.4 Å². The Kier molecular flexibility index (Phi) is 6.47. The fourth-order valence-electron chi connectivity index (χ4n) is 3.91. The minimum atomic E-state index is 0.749. The van der Waals surface area contributed by atoms with Crippen molar-refractivity contribution >= 4 is 6.08 Å². The van der Waals surface area contributed by atoms with Crippen molar-refractivity contribution in [3.63, 3.8) is 0 Å². The van der Waals surface area contributed by atoms with E-state index in [2.05, 4.69) is 59.3 Å². The van der Waals surface area contributed by atoms with E-state index in [1.165, 1.54) is 68.8 Å². The Balaban J connectivity index is 1.42. The van der Waals surface area contributed by atoms with E-state index in [1.54, 1.807) is 0 Å². The summed E-state index contributed by atoms with van der Waals surface area (Å²) in [6, 6.07) is 6.58. The molecule has 2 aliphatic heterocycles. The number of rotatable bonds is 5. The number of likely N-dealkylation sites (tertiary alicyclic amines) is 1. The van der Waals surface area contributed by atoms with Crippen molar-refractivity contribution in [2.75, 3.05) is 52.4 Å². The molecule has 2 heterocycles. The Morgan fingerprint density at radius 1 is 0.958 bits per heavy atom. The quantitative estimate of drug-likeness (QED) is 0.897. The minimum absolute atomic E-state index is 0.749. The Labute approximate surface area is 147 Å². The molecule has 3 heteroatoms. The summed E-state index contributed by atoms with van der Waals surface area (Å²) in [5.41, 5.74) is 4.19. The number of allylic oxidation sites excluding steroid dienone is 1. The maximum absolute atomic E-state index is 3.43. The first-order valence-corrected chi connectivity index (χ1v) is 9.62. The van der Waals surface area contributed by atoms with Crippen molar-refractivity contribution in [2.24, 2.45) is 5.92 Å². The van der Waals surface area contributed by atoms with Gasteiger partial charge in [0.2, 0.25) is 0 Å². The van der Waals surface area contributed by atoms with Crippen LogP contribution in [0.5, 0.6) is 0 Å². The molecule has 3 nitrogen and oxygen atoms in total. The second-order valence-electron chi connectivity index (χ2n) is 7.44. The van der Waals surface area contributed by atoms with Crippen molar-refractivity contribution in [3.05, 3.63) is 41.0 Å². The normalized spacial score (nSPS) is 21.6. The summed E-state index contributed by atoms with van der Waals surface area (Å²) in [4.78, 5) is 5.26. The fourth-order valence-corrected chi connectivity index (χ4v) is 3.91. The molecule has 24 heavy (non-hydrogen) atoms. The highest BCUT2D eigenvalue weighted by molar-refractivity contribution is 5.57. The molecule has 0 unspecified atom stereocenters.